The monoisotopic (exact) mass is 401 g/mol. The molecule has 8 nitrogen and oxygen atoms in total. The first-order chi connectivity index (χ1) is 13.3. The molecule has 0 bridgehead atoms. The van der Waals surface area contributed by atoms with Crippen LogP contribution in [-0.2, 0) is 35.7 Å². The SMILES string of the molecule is C[C@@H]1Cc2cc3c(c(NC(=O)N=S(N)(=O)c4cnn5c4O[C@@H](C)C5)c21)CCC3. The number of aryl methyl sites for hydroxylation is 1. The Bertz CT molecular complexity index is 1130. The fourth-order valence-corrected chi connectivity index (χ4v) is 5.57. The predicted octanol–water partition coefficient (Wildman–Crippen LogP) is 2.75. The largest absolute Gasteiger partial charge is 0.472 e. The number of nitrogens with two attached hydrogens (primary N) is 1. The lowest BCUT2D eigenvalue weighted by Crippen LogP contribution is -2.23. The normalized spacial score (nSPS) is 23.7. The molecule has 0 radical (unpaired) electrons. The molecular weight excluding hydrogens is 378 g/mol. The Labute approximate surface area is 163 Å². The number of nitrogens with zero attached hydrogens (tertiary/aromatic N) is 3. The minimum atomic E-state index is -3.46. The van der Waals surface area contributed by atoms with Gasteiger partial charge in [0.25, 0.3) is 0 Å². The van der Waals surface area contributed by atoms with Crippen molar-refractivity contribution in [3.8, 4) is 5.88 Å². The van der Waals surface area contributed by atoms with E-state index in [2.05, 4.69) is 27.8 Å². The predicted molar refractivity (Wildman–Crippen MR) is 105 cm³/mol. The molecule has 2 heterocycles. The number of carbonyl (C=O) groups excluding carboxylic acids is 1. The van der Waals surface area contributed by atoms with Gasteiger partial charge in [-0.05, 0) is 60.8 Å². The average molecular weight is 401 g/mol. The maximum Gasteiger partial charge on any atom is 0.354 e. The topological polar surface area (TPSA) is 112 Å². The molecule has 0 spiro atoms. The van der Waals surface area contributed by atoms with Crippen molar-refractivity contribution in [2.24, 2.45) is 9.50 Å². The van der Waals surface area contributed by atoms with Gasteiger partial charge in [0.2, 0.25) is 5.88 Å². The Hall–Kier alpha value is -2.39. The zero-order chi connectivity index (χ0) is 19.6. The number of aromatic nitrogens is 2. The molecule has 1 aromatic carbocycles. The highest BCUT2D eigenvalue weighted by Gasteiger charge is 2.32. The van der Waals surface area contributed by atoms with Crippen molar-refractivity contribution in [3.05, 3.63) is 34.5 Å². The zero-order valence-electron chi connectivity index (χ0n) is 15.9. The third-order valence-electron chi connectivity index (χ3n) is 5.81. The Morgan fingerprint density at radius 2 is 2.21 bits per heavy atom. The summed E-state index contributed by atoms with van der Waals surface area (Å²) in [4.78, 5) is 12.8. The number of nitrogens with one attached hydrogen (secondary N) is 1. The van der Waals surface area contributed by atoms with Crippen molar-refractivity contribution in [3.63, 3.8) is 0 Å². The highest BCUT2D eigenvalue weighted by atomic mass is 32.2. The Kier molecular flexibility index (Phi) is 3.82. The van der Waals surface area contributed by atoms with Crippen LogP contribution in [0.15, 0.2) is 21.5 Å². The van der Waals surface area contributed by atoms with Crippen LogP contribution in [0.1, 0.15) is 48.4 Å². The number of carbonyl (C=O) groups is 1. The van der Waals surface area contributed by atoms with Crippen molar-refractivity contribution in [2.75, 3.05) is 5.32 Å². The summed E-state index contributed by atoms with van der Waals surface area (Å²) in [6, 6.07) is 1.57. The lowest BCUT2D eigenvalue weighted by Gasteiger charge is -2.31. The van der Waals surface area contributed by atoms with Crippen molar-refractivity contribution < 1.29 is 13.7 Å². The first-order valence-corrected chi connectivity index (χ1v) is 11.2. The van der Waals surface area contributed by atoms with Gasteiger partial charge in [-0.3, -0.25) is 0 Å². The number of benzene rings is 1. The maximum absolute atomic E-state index is 13.0. The molecule has 3 atom stereocenters. The minimum Gasteiger partial charge on any atom is -0.472 e. The van der Waals surface area contributed by atoms with E-state index in [0.717, 1.165) is 31.4 Å². The maximum atomic E-state index is 13.0. The molecule has 0 saturated carbocycles. The van der Waals surface area contributed by atoms with Crippen LogP contribution in [-0.4, -0.2) is 26.1 Å². The van der Waals surface area contributed by atoms with Gasteiger partial charge in [0.15, 0.2) is 9.92 Å². The molecular formula is C19H23N5O3S. The van der Waals surface area contributed by atoms with Gasteiger partial charge in [0, 0.05) is 5.69 Å². The summed E-state index contributed by atoms with van der Waals surface area (Å²) in [6.45, 7) is 4.59. The summed E-state index contributed by atoms with van der Waals surface area (Å²) in [7, 11) is -3.46. The van der Waals surface area contributed by atoms with Crippen LogP contribution in [0.2, 0.25) is 0 Å². The molecule has 2 amide bonds. The molecule has 2 aromatic rings. The first-order valence-electron chi connectivity index (χ1n) is 9.59. The second-order valence-corrected chi connectivity index (χ2v) is 9.70. The van der Waals surface area contributed by atoms with Crippen molar-refractivity contribution in [1.29, 1.82) is 0 Å². The number of amides is 2. The van der Waals surface area contributed by atoms with E-state index < -0.39 is 15.9 Å². The van der Waals surface area contributed by atoms with Crippen molar-refractivity contribution in [2.45, 2.75) is 63.0 Å². The van der Waals surface area contributed by atoms with Gasteiger partial charge >= 0.3 is 6.03 Å². The Morgan fingerprint density at radius 3 is 3.00 bits per heavy atom. The fourth-order valence-electron chi connectivity index (χ4n) is 4.58. The third kappa shape index (κ3) is 2.64. The Balaban J connectivity index is 1.49. The molecule has 0 saturated heterocycles. The van der Waals surface area contributed by atoms with E-state index >= 15 is 0 Å². The molecule has 148 valence electrons. The number of anilines is 1. The number of hydrogen-bond donors (Lipinski definition) is 2. The minimum absolute atomic E-state index is 0.0845. The van der Waals surface area contributed by atoms with Gasteiger partial charge in [0.05, 0.1) is 12.7 Å². The molecule has 0 fully saturated rings. The zero-order valence-corrected chi connectivity index (χ0v) is 16.7. The second-order valence-electron chi connectivity index (χ2n) is 7.94. The fraction of sp³-hybridized carbons (Fsp3) is 0.474. The summed E-state index contributed by atoms with van der Waals surface area (Å²) in [5.41, 5.74) is 5.79. The van der Waals surface area contributed by atoms with E-state index in [1.165, 1.54) is 28.5 Å². The highest BCUT2D eigenvalue weighted by Crippen LogP contribution is 2.45. The van der Waals surface area contributed by atoms with Crippen LogP contribution < -0.4 is 15.2 Å². The molecule has 28 heavy (non-hydrogen) atoms. The van der Waals surface area contributed by atoms with Crippen LogP contribution in [0.4, 0.5) is 10.5 Å². The molecule has 5 rings (SSSR count). The van der Waals surface area contributed by atoms with Crippen molar-refractivity contribution in [1.82, 2.24) is 9.78 Å². The highest BCUT2D eigenvalue weighted by molar-refractivity contribution is 7.91. The van der Waals surface area contributed by atoms with Gasteiger partial charge in [-0.2, -0.15) is 5.10 Å². The van der Waals surface area contributed by atoms with Crippen LogP contribution in [0, 0.1) is 0 Å². The van der Waals surface area contributed by atoms with Crippen LogP contribution >= 0.6 is 0 Å². The van der Waals surface area contributed by atoms with E-state index in [0.29, 0.717) is 18.3 Å². The van der Waals surface area contributed by atoms with Crippen LogP contribution in [0.25, 0.3) is 0 Å². The number of fused-ring (bicyclic) bond motifs is 3. The molecule has 1 aliphatic heterocycles. The lowest BCUT2D eigenvalue weighted by atomic mass is 9.75. The second kappa shape index (κ2) is 6.05. The van der Waals surface area contributed by atoms with E-state index in [9.17, 15) is 9.00 Å². The van der Waals surface area contributed by atoms with E-state index in [1.807, 2.05) is 6.92 Å². The van der Waals surface area contributed by atoms with Gasteiger partial charge < -0.3 is 10.1 Å². The Morgan fingerprint density at radius 1 is 1.39 bits per heavy atom. The smallest absolute Gasteiger partial charge is 0.354 e. The summed E-state index contributed by atoms with van der Waals surface area (Å²) in [6.07, 6.45) is 5.36. The molecule has 1 unspecified atom stereocenters. The molecule has 9 heteroatoms. The summed E-state index contributed by atoms with van der Waals surface area (Å²) >= 11 is 0. The standard InChI is InChI=1S/C19H23N5O3S/c1-10-6-13-7-12-4-3-5-14(12)17(16(10)13)22-19(25)23-28(20,26)15-8-21-24-9-11(2)27-18(15)24/h7-8,10-11H,3-6,9H2,1-2H3,(H3,20,22,23,25,26)/t10-,11+,28?/m1/s1. The number of rotatable bonds is 2. The van der Waals surface area contributed by atoms with Gasteiger partial charge in [-0.15, -0.1) is 4.36 Å². The van der Waals surface area contributed by atoms with Gasteiger partial charge in [0.1, 0.15) is 11.0 Å². The lowest BCUT2D eigenvalue weighted by molar-refractivity contribution is 0.248. The summed E-state index contributed by atoms with van der Waals surface area (Å²) < 4.78 is 24.0. The number of hydrogen-bond acceptors (Lipinski definition) is 4. The molecule has 2 aliphatic carbocycles. The first kappa shape index (κ1) is 17.7. The van der Waals surface area contributed by atoms with Gasteiger partial charge in [-0.25, -0.2) is 18.8 Å². The van der Waals surface area contributed by atoms with E-state index in [-0.39, 0.29) is 11.0 Å². The number of ether oxygens (including phenoxy) is 1. The third-order valence-corrected chi connectivity index (χ3v) is 7.16. The molecule has 3 N–H and O–H groups in total. The average Bonchev–Trinajstić information content (AvgIpc) is 3.27. The van der Waals surface area contributed by atoms with E-state index in [1.54, 1.807) is 4.68 Å². The summed E-state index contributed by atoms with van der Waals surface area (Å²) in [5, 5.41) is 13.0. The molecule has 3 aliphatic rings. The molecule has 1 aromatic heterocycles. The van der Waals surface area contributed by atoms with E-state index in [4.69, 9.17) is 9.88 Å². The van der Waals surface area contributed by atoms with Crippen LogP contribution in [0.5, 0.6) is 5.88 Å². The van der Waals surface area contributed by atoms with Crippen LogP contribution in [0.3, 0.4) is 0 Å². The summed E-state index contributed by atoms with van der Waals surface area (Å²) in [5.74, 6) is 0.724. The van der Waals surface area contributed by atoms with Gasteiger partial charge in [-0.1, -0.05) is 13.0 Å². The number of urea groups is 1. The van der Waals surface area contributed by atoms with Crippen molar-refractivity contribution >= 4 is 21.6 Å². The quantitative estimate of drug-likeness (QED) is 0.806.